The highest BCUT2D eigenvalue weighted by molar-refractivity contribution is 6.21. The van der Waals surface area contributed by atoms with Gasteiger partial charge in [0.15, 0.2) is 6.04 Å². The highest BCUT2D eigenvalue weighted by atomic mass is 16.5. The van der Waals surface area contributed by atoms with Gasteiger partial charge in [0.2, 0.25) is 5.91 Å². The molecule has 2 aromatic rings. The molecule has 0 saturated carbocycles. The number of quaternary nitrogens is 1. The summed E-state index contributed by atoms with van der Waals surface area (Å²) in [5.74, 6) is 0.579. The number of anilines is 1. The zero-order chi connectivity index (χ0) is 16.9. The highest BCUT2D eigenvalue weighted by Crippen LogP contribution is 2.20. The van der Waals surface area contributed by atoms with Crippen molar-refractivity contribution in [2.45, 2.75) is 18.9 Å². The lowest BCUT2D eigenvalue weighted by atomic mass is 10.1. The molecule has 1 saturated heterocycles. The maximum Gasteiger partial charge on any atom is 0.292 e. The summed E-state index contributed by atoms with van der Waals surface area (Å²) < 4.78 is 5.14. The molecule has 1 aliphatic heterocycles. The predicted octanol–water partition coefficient (Wildman–Crippen LogP) is 1.13. The molecule has 5 heteroatoms. The van der Waals surface area contributed by atoms with Crippen molar-refractivity contribution in [1.29, 1.82) is 0 Å². The largest absolute Gasteiger partial charge is 0.497 e. The average Bonchev–Trinajstić information content (AvgIpc) is 2.90. The van der Waals surface area contributed by atoms with Gasteiger partial charge in [-0.1, -0.05) is 30.3 Å². The first-order chi connectivity index (χ1) is 11.7. The van der Waals surface area contributed by atoms with Crippen LogP contribution in [0.3, 0.4) is 0 Å². The zero-order valence-corrected chi connectivity index (χ0v) is 13.6. The number of imide groups is 1. The molecule has 2 N–H and O–H groups in total. The van der Waals surface area contributed by atoms with Crippen molar-refractivity contribution in [3.05, 3.63) is 60.2 Å². The van der Waals surface area contributed by atoms with Gasteiger partial charge < -0.3 is 10.1 Å². The van der Waals surface area contributed by atoms with Gasteiger partial charge in [-0.2, -0.15) is 0 Å². The zero-order valence-electron chi connectivity index (χ0n) is 13.6. The van der Waals surface area contributed by atoms with Gasteiger partial charge in [0.25, 0.3) is 5.91 Å². The molecule has 2 amide bonds. The Labute approximate surface area is 141 Å². The Hall–Kier alpha value is -2.66. The van der Waals surface area contributed by atoms with Crippen molar-refractivity contribution >= 4 is 17.5 Å². The molecule has 0 aromatic heterocycles. The van der Waals surface area contributed by atoms with Gasteiger partial charge >= 0.3 is 0 Å². The molecule has 5 nitrogen and oxygen atoms in total. The minimum Gasteiger partial charge on any atom is -0.497 e. The second-order valence-electron chi connectivity index (χ2n) is 5.84. The summed E-state index contributed by atoms with van der Waals surface area (Å²) in [6, 6.07) is 16.7. The van der Waals surface area contributed by atoms with E-state index in [-0.39, 0.29) is 24.3 Å². The summed E-state index contributed by atoms with van der Waals surface area (Å²) in [5.41, 5.74) is 1.84. The summed E-state index contributed by atoms with van der Waals surface area (Å²) >= 11 is 0. The first-order valence-electron chi connectivity index (χ1n) is 8.07. The number of carbonyl (C=O) groups excluding carboxylic acids is 2. The standard InChI is InChI=1S/C19H20N2O3/c1-24-16-9-7-14(8-10-16)11-12-20-17-13-18(22)21(19(17)23)15-5-3-2-4-6-15/h2-10,17,20H,11-13H2,1H3/p+1/t17-/m0/s1. The van der Waals surface area contributed by atoms with Gasteiger partial charge in [0.1, 0.15) is 5.75 Å². The van der Waals surface area contributed by atoms with Crippen LogP contribution in [0.1, 0.15) is 12.0 Å². The summed E-state index contributed by atoms with van der Waals surface area (Å²) in [5, 5.41) is 1.97. The third kappa shape index (κ3) is 3.46. The van der Waals surface area contributed by atoms with E-state index in [0.717, 1.165) is 18.7 Å². The molecule has 1 fully saturated rings. The van der Waals surface area contributed by atoms with Gasteiger partial charge in [-0.15, -0.1) is 0 Å². The van der Waals surface area contributed by atoms with Crippen LogP contribution in [0.15, 0.2) is 54.6 Å². The molecule has 124 valence electrons. The Balaban J connectivity index is 1.56. The Morgan fingerprint density at radius 3 is 2.46 bits per heavy atom. The number of para-hydroxylation sites is 1. The Morgan fingerprint density at radius 1 is 1.08 bits per heavy atom. The van der Waals surface area contributed by atoms with E-state index in [1.807, 2.05) is 47.8 Å². The van der Waals surface area contributed by atoms with Crippen molar-refractivity contribution in [3.63, 3.8) is 0 Å². The fourth-order valence-corrected chi connectivity index (χ4v) is 2.93. The number of carbonyl (C=O) groups is 2. The molecule has 1 atom stereocenters. The fourth-order valence-electron chi connectivity index (χ4n) is 2.93. The summed E-state index contributed by atoms with van der Waals surface area (Å²) in [7, 11) is 1.64. The number of hydrogen-bond acceptors (Lipinski definition) is 3. The third-order valence-corrected chi connectivity index (χ3v) is 4.24. The van der Waals surface area contributed by atoms with Crippen LogP contribution in [-0.2, 0) is 16.0 Å². The van der Waals surface area contributed by atoms with Crippen LogP contribution in [0.5, 0.6) is 5.75 Å². The van der Waals surface area contributed by atoms with E-state index < -0.39 is 0 Å². The molecular formula is C19H21N2O3+. The second kappa shape index (κ2) is 7.27. The second-order valence-corrected chi connectivity index (χ2v) is 5.84. The number of rotatable bonds is 6. The number of hydrogen-bond donors (Lipinski definition) is 1. The molecule has 0 aliphatic carbocycles. The third-order valence-electron chi connectivity index (χ3n) is 4.24. The van der Waals surface area contributed by atoms with Crippen molar-refractivity contribution in [3.8, 4) is 5.75 Å². The first-order valence-corrected chi connectivity index (χ1v) is 8.07. The van der Waals surface area contributed by atoms with Crippen molar-refractivity contribution in [1.82, 2.24) is 0 Å². The maximum atomic E-state index is 12.5. The molecular weight excluding hydrogens is 304 g/mol. The molecule has 3 rings (SSSR count). The van der Waals surface area contributed by atoms with E-state index in [2.05, 4.69) is 0 Å². The van der Waals surface area contributed by atoms with E-state index in [4.69, 9.17) is 4.74 Å². The Bertz CT molecular complexity index is 713. The first kappa shape index (κ1) is 16.2. The van der Waals surface area contributed by atoms with E-state index in [1.165, 1.54) is 10.5 Å². The van der Waals surface area contributed by atoms with Crippen LogP contribution in [0, 0.1) is 0 Å². The number of nitrogens with zero attached hydrogens (tertiary/aromatic N) is 1. The quantitative estimate of drug-likeness (QED) is 0.810. The van der Waals surface area contributed by atoms with Crippen LogP contribution < -0.4 is 15.0 Å². The molecule has 24 heavy (non-hydrogen) atoms. The average molecular weight is 325 g/mol. The van der Waals surface area contributed by atoms with Crippen LogP contribution in [0.4, 0.5) is 5.69 Å². The molecule has 0 spiro atoms. The van der Waals surface area contributed by atoms with Crippen molar-refractivity contribution in [2.75, 3.05) is 18.6 Å². The molecule has 1 aliphatic rings. The topological polar surface area (TPSA) is 63.2 Å². The number of nitrogens with two attached hydrogens (primary N) is 1. The Kier molecular flexibility index (Phi) is 4.91. The minimum atomic E-state index is -0.323. The maximum absolute atomic E-state index is 12.5. The van der Waals surface area contributed by atoms with Crippen LogP contribution in [-0.4, -0.2) is 31.5 Å². The Morgan fingerprint density at radius 2 is 1.79 bits per heavy atom. The van der Waals surface area contributed by atoms with Crippen molar-refractivity contribution < 1.29 is 19.6 Å². The molecule has 0 unspecified atom stereocenters. The molecule has 1 heterocycles. The molecule has 0 radical (unpaired) electrons. The number of amides is 2. The van der Waals surface area contributed by atoms with E-state index in [1.54, 1.807) is 19.2 Å². The molecule has 0 bridgehead atoms. The van der Waals surface area contributed by atoms with Crippen molar-refractivity contribution in [2.24, 2.45) is 0 Å². The van der Waals surface area contributed by atoms with Gasteiger partial charge in [-0.3, -0.25) is 9.59 Å². The number of ether oxygens (including phenoxy) is 1. The lowest BCUT2D eigenvalue weighted by molar-refractivity contribution is -0.674. The fraction of sp³-hybridized carbons (Fsp3) is 0.263. The summed E-state index contributed by atoms with van der Waals surface area (Å²) in [6.07, 6.45) is 1.10. The highest BCUT2D eigenvalue weighted by Gasteiger charge is 2.41. The summed E-state index contributed by atoms with van der Waals surface area (Å²) in [6.45, 7) is 0.763. The minimum absolute atomic E-state index is 0.124. The van der Waals surface area contributed by atoms with Gasteiger partial charge in [-0.25, -0.2) is 4.90 Å². The summed E-state index contributed by atoms with van der Waals surface area (Å²) in [4.78, 5) is 26.0. The van der Waals surface area contributed by atoms with E-state index >= 15 is 0 Å². The lowest BCUT2D eigenvalue weighted by Crippen LogP contribution is -2.92. The van der Waals surface area contributed by atoms with Gasteiger partial charge in [0.05, 0.1) is 25.8 Å². The van der Waals surface area contributed by atoms with Gasteiger partial charge in [0, 0.05) is 6.42 Å². The smallest absolute Gasteiger partial charge is 0.292 e. The SMILES string of the molecule is COc1ccc(CC[NH2+][C@H]2CC(=O)N(c3ccccc3)C2=O)cc1. The normalized spacial score (nSPS) is 17.4. The van der Waals surface area contributed by atoms with Gasteiger partial charge in [-0.05, 0) is 29.8 Å². The predicted molar refractivity (Wildman–Crippen MR) is 90.8 cm³/mol. The molecule has 2 aromatic carbocycles. The monoisotopic (exact) mass is 325 g/mol. The van der Waals surface area contributed by atoms with Crippen LogP contribution >= 0.6 is 0 Å². The lowest BCUT2D eigenvalue weighted by Gasteiger charge is -2.13. The number of methoxy groups -OCH3 is 1. The van der Waals surface area contributed by atoms with Crippen LogP contribution in [0.25, 0.3) is 0 Å². The van der Waals surface area contributed by atoms with Crippen LogP contribution in [0.2, 0.25) is 0 Å². The number of benzene rings is 2. The van der Waals surface area contributed by atoms with E-state index in [0.29, 0.717) is 5.69 Å². The van der Waals surface area contributed by atoms with E-state index in [9.17, 15) is 9.59 Å².